The van der Waals surface area contributed by atoms with Crippen molar-refractivity contribution in [3.8, 4) is 11.5 Å². The molecular weight excluding hydrogens is 326 g/mol. The van der Waals surface area contributed by atoms with E-state index in [1.807, 2.05) is 36.4 Å². The number of hydrogen-bond donors (Lipinski definition) is 0. The summed E-state index contributed by atoms with van der Waals surface area (Å²) in [4.78, 5) is 0. The molecule has 128 valence electrons. The molecule has 0 aromatic heterocycles. The summed E-state index contributed by atoms with van der Waals surface area (Å²) in [6.45, 7) is 0.422. The molecule has 0 fully saturated rings. The van der Waals surface area contributed by atoms with E-state index >= 15 is 0 Å². The molecule has 0 saturated carbocycles. The lowest BCUT2D eigenvalue weighted by molar-refractivity contribution is 0.414. The molecule has 6 heteroatoms. The van der Waals surface area contributed by atoms with Crippen LogP contribution in [0.4, 0.5) is 5.69 Å². The van der Waals surface area contributed by atoms with Gasteiger partial charge >= 0.3 is 0 Å². The van der Waals surface area contributed by atoms with Gasteiger partial charge < -0.3 is 9.47 Å². The lowest BCUT2D eigenvalue weighted by Crippen LogP contribution is -2.38. The van der Waals surface area contributed by atoms with Crippen molar-refractivity contribution in [3.05, 3.63) is 53.6 Å². The highest BCUT2D eigenvalue weighted by molar-refractivity contribution is 7.92. The minimum absolute atomic E-state index is 0.103. The van der Waals surface area contributed by atoms with E-state index in [0.29, 0.717) is 18.0 Å². The Morgan fingerprint density at radius 2 is 1.62 bits per heavy atom. The van der Waals surface area contributed by atoms with Gasteiger partial charge in [-0.2, -0.15) is 0 Å². The minimum Gasteiger partial charge on any atom is -0.497 e. The van der Waals surface area contributed by atoms with E-state index < -0.39 is 10.0 Å². The molecule has 0 spiro atoms. The molecule has 0 N–H and O–H groups in total. The van der Waals surface area contributed by atoms with Crippen molar-refractivity contribution in [1.82, 2.24) is 0 Å². The molecular formula is C18H21NO4S. The maximum Gasteiger partial charge on any atom is 0.232 e. The molecule has 0 aliphatic carbocycles. The highest BCUT2D eigenvalue weighted by Gasteiger charge is 2.31. The standard InChI is InChI=1S/C18H21NO4S/c1-22-16-7-4-13(5-8-16)15-10-14-6-9-17(23-2)11-18(14)19(12-15)24(3,20)21/h4-9,11,15H,10,12H2,1-3H3. The van der Waals surface area contributed by atoms with Crippen molar-refractivity contribution in [2.45, 2.75) is 12.3 Å². The summed E-state index contributed by atoms with van der Waals surface area (Å²) in [6.07, 6.45) is 2.03. The summed E-state index contributed by atoms with van der Waals surface area (Å²) in [7, 11) is -0.156. The number of rotatable bonds is 4. The van der Waals surface area contributed by atoms with Crippen LogP contribution in [0.3, 0.4) is 0 Å². The zero-order valence-electron chi connectivity index (χ0n) is 14.0. The van der Waals surface area contributed by atoms with Crippen molar-refractivity contribution >= 4 is 15.7 Å². The predicted molar refractivity (Wildman–Crippen MR) is 94.6 cm³/mol. The van der Waals surface area contributed by atoms with Gasteiger partial charge in [-0.25, -0.2) is 8.42 Å². The maximum absolute atomic E-state index is 12.3. The van der Waals surface area contributed by atoms with Gasteiger partial charge in [0.2, 0.25) is 10.0 Å². The fourth-order valence-electron chi connectivity index (χ4n) is 3.12. The Hall–Kier alpha value is -2.21. The number of methoxy groups -OCH3 is 2. The largest absolute Gasteiger partial charge is 0.497 e. The molecule has 1 aliphatic rings. The van der Waals surface area contributed by atoms with E-state index in [1.165, 1.54) is 10.6 Å². The molecule has 0 bridgehead atoms. The van der Waals surface area contributed by atoms with Gasteiger partial charge in [0.25, 0.3) is 0 Å². The summed E-state index contributed by atoms with van der Waals surface area (Å²) in [5.41, 5.74) is 2.82. The normalized spacial score (nSPS) is 17.3. The van der Waals surface area contributed by atoms with Crippen molar-refractivity contribution in [2.24, 2.45) is 0 Å². The van der Waals surface area contributed by atoms with Crippen LogP contribution in [-0.4, -0.2) is 35.4 Å². The molecule has 1 aliphatic heterocycles. The zero-order valence-corrected chi connectivity index (χ0v) is 14.8. The van der Waals surface area contributed by atoms with Crippen LogP contribution in [-0.2, 0) is 16.4 Å². The van der Waals surface area contributed by atoms with E-state index in [1.54, 1.807) is 20.3 Å². The van der Waals surface area contributed by atoms with Crippen molar-refractivity contribution in [1.29, 1.82) is 0 Å². The average molecular weight is 347 g/mol. The summed E-state index contributed by atoms with van der Waals surface area (Å²) in [5.74, 6) is 1.55. The molecule has 2 aromatic rings. The Morgan fingerprint density at radius 3 is 2.21 bits per heavy atom. The van der Waals surface area contributed by atoms with Crippen LogP contribution in [0.5, 0.6) is 11.5 Å². The molecule has 0 amide bonds. The van der Waals surface area contributed by atoms with Gasteiger partial charge in [0.05, 0.1) is 26.2 Å². The van der Waals surface area contributed by atoms with Gasteiger partial charge in [-0.15, -0.1) is 0 Å². The highest BCUT2D eigenvalue weighted by Crippen LogP contribution is 2.38. The van der Waals surface area contributed by atoms with Gasteiger partial charge in [0.1, 0.15) is 11.5 Å². The first kappa shape index (κ1) is 16.6. The number of ether oxygens (including phenoxy) is 2. The van der Waals surface area contributed by atoms with Crippen LogP contribution < -0.4 is 13.8 Å². The molecule has 0 saturated heterocycles. The first-order valence-electron chi connectivity index (χ1n) is 7.71. The number of hydrogen-bond acceptors (Lipinski definition) is 4. The van der Waals surface area contributed by atoms with Crippen molar-refractivity contribution in [2.75, 3.05) is 31.3 Å². The Bertz CT molecular complexity index is 831. The Labute approximate surface area is 142 Å². The Kier molecular flexibility index (Phi) is 4.41. The van der Waals surface area contributed by atoms with Crippen LogP contribution in [0.15, 0.2) is 42.5 Å². The Balaban J connectivity index is 2.01. The molecule has 5 nitrogen and oxygen atoms in total. The second-order valence-corrected chi connectivity index (χ2v) is 7.87. The third kappa shape index (κ3) is 3.19. The molecule has 1 unspecified atom stereocenters. The summed E-state index contributed by atoms with van der Waals surface area (Å²) >= 11 is 0. The van der Waals surface area contributed by atoms with Crippen molar-refractivity contribution in [3.63, 3.8) is 0 Å². The SMILES string of the molecule is COc1ccc(C2Cc3ccc(OC)cc3N(S(C)(=O)=O)C2)cc1. The van der Waals surface area contributed by atoms with Crippen LogP contribution in [0.25, 0.3) is 0 Å². The van der Waals surface area contributed by atoms with Gasteiger partial charge in [-0.1, -0.05) is 18.2 Å². The van der Waals surface area contributed by atoms with E-state index in [2.05, 4.69) is 0 Å². The van der Waals surface area contributed by atoms with E-state index in [0.717, 1.165) is 23.3 Å². The van der Waals surface area contributed by atoms with Crippen LogP contribution in [0.2, 0.25) is 0 Å². The molecule has 1 heterocycles. The second kappa shape index (κ2) is 6.36. The van der Waals surface area contributed by atoms with Crippen LogP contribution in [0, 0.1) is 0 Å². The van der Waals surface area contributed by atoms with Crippen LogP contribution in [0.1, 0.15) is 17.0 Å². The maximum atomic E-state index is 12.3. The van der Waals surface area contributed by atoms with E-state index in [4.69, 9.17) is 9.47 Å². The molecule has 0 radical (unpaired) electrons. The summed E-state index contributed by atoms with van der Waals surface area (Å²) in [5, 5.41) is 0. The predicted octanol–water partition coefficient (Wildman–Crippen LogP) is 2.81. The average Bonchev–Trinajstić information content (AvgIpc) is 2.59. The topological polar surface area (TPSA) is 55.8 Å². The lowest BCUT2D eigenvalue weighted by atomic mass is 9.88. The lowest BCUT2D eigenvalue weighted by Gasteiger charge is -2.35. The van der Waals surface area contributed by atoms with Gasteiger partial charge in [-0.05, 0) is 35.7 Å². The molecule has 3 rings (SSSR count). The highest BCUT2D eigenvalue weighted by atomic mass is 32.2. The van der Waals surface area contributed by atoms with Gasteiger partial charge in [0.15, 0.2) is 0 Å². The number of sulfonamides is 1. The fourth-order valence-corrected chi connectivity index (χ4v) is 4.10. The second-order valence-electron chi connectivity index (χ2n) is 5.96. The fraction of sp³-hybridized carbons (Fsp3) is 0.333. The zero-order chi connectivity index (χ0) is 17.3. The molecule has 2 aromatic carbocycles. The molecule has 24 heavy (non-hydrogen) atoms. The number of fused-ring (bicyclic) bond motifs is 1. The summed E-state index contributed by atoms with van der Waals surface area (Å²) in [6, 6.07) is 13.4. The molecule has 1 atom stereocenters. The third-order valence-electron chi connectivity index (χ3n) is 4.40. The number of anilines is 1. The quantitative estimate of drug-likeness (QED) is 0.853. The smallest absolute Gasteiger partial charge is 0.232 e. The number of benzene rings is 2. The van der Waals surface area contributed by atoms with Gasteiger partial charge in [-0.3, -0.25) is 4.31 Å². The first-order chi connectivity index (χ1) is 11.4. The number of nitrogens with zero attached hydrogens (tertiary/aromatic N) is 1. The van der Waals surface area contributed by atoms with E-state index in [-0.39, 0.29) is 5.92 Å². The van der Waals surface area contributed by atoms with Gasteiger partial charge in [0, 0.05) is 18.5 Å². The third-order valence-corrected chi connectivity index (χ3v) is 5.55. The first-order valence-corrected chi connectivity index (χ1v) is 9.56. The minimum atomic E-state index is -3.36. The Morgan fingerprint density at radius 1 is 1.00 bits per heavy atom. The summed E-state index contributed by atoms with van der Waals surface area (Å²) < 4.78 is 36.5. The van der Waals surface area contributed by atoms with Crippen LogP contribution >= 0.6 is 0 Å². The van der Waals surface area contributed by atoms with E-state index in [9.17, 15) is 8.42 Å². The monoisotopic (exact) mass is 347 g/mol. The van der Waals surface area contributed by atoms with Crippen molar-refractivity contribution < 1.29 is 17.9 Å².